The van der Waals surface area contributed by atoms with Crippen molar-refractivity contribution in [2.45, 2.75) is 38.6 Å². The summed E-state index contributed by atoms with van der Waals surface area (Å²) in [6.45, 7) is 3.00. The van der Waals surface area contributed by atoms with Gasteiger partial charge in [0, 0.05) is 35.9 Å². The molecule has 5 nitrogen and oxygen atoms in total. The monoisotopic (exact) mass is 389 g/mol. The number of likely N-dealkylation sites (tertiary alicyclic amines) is 1. The number of carbonyl (C=O) groups excluding carboxylic acids is 1. The Labute approximate surface area is 171 Å². The Balaban J connectivity index is 1.76. The van der Waals surface area contributed by atoms with Crippen LogP contribution in [-0.2, 0) is 4.79 Å². The summed E-state index contributed by atoms with van der Waals surface area (Å²) in [5.74, 6) is 0.741. The van der Waals surface area contributed by atoms with Gasteiger partial charge < -0.3 is 9.64 Å². The van der Waals surface area contributed by atoms with Gasteiger partial charge in [-0.1, -0.05) is 43.3 Å². The number of pyridine rings is 1. The van der Waals surface area contributed by atoms with Crippen molar-refractivity contribution < 1.29 is 9.53 Å². The van der Waals surface area contributed by atoms with Gasteiger partial charge in [0.2, 0.25) is 11.8 Å². The van der Waals surface area contributed by atoms with Crippen LogP contribution in [0.1, 0.15) is 38.2 Å². The Hall–Kier alpha value is -3.08. The minimum atomic E-state index is 0.0813. The largest absolute Gasteiger partial charge is 0.481 e. The van der Waals surface area contributed by atoms with E-state index in [0.29, 0.717) is 11.9 Å². The normalized spacial score (nSPS) is 17.2. The van der Waals surface area contributed by atoms with Gasteiger partial charge in [-0.05, 0) is 37.8 Å². The molecular formula is C24H27N3O2. The first kappa shape index (κ1) is 19.2. The van der Waals surface area contributed by atoms with Crippen molar-refractivity contribution in [3.05, 3.63) is 60.2 Å². The number of rotatable bonds is 5. The number of hydrogen-bond donors (Lipinski definition) is 0. The van der Waals surface area contributed by atoms with Gasteiger partial charge in [-0.25, -0.2) is 0 Å². The van der Waals surface area contributed by atoms with Crippen LogP contribution in [0.5, 0.6) is 5.88 Å². The summed E-state index contributed by atoms with van der Waals surface area (Å²) >= 11 is 0. The quantitative estimate of drug-likeness (QED) is 0.588. The van der Waals surface area contributed by atoms with Crippen LogP contribution in [0.15, 0.2) is 54.6 Å². The first-order valence-corrected chi connectivity index (χ1v) is 10.3. The molecule has 0 bridgehead atoms. The van der Waals surface area contributed by atoms with Crippen LogP contribution in [0.3, 0.4) is 0 Å². The second kappa shape index (κ2) is 8.52. The van der Waals surface area contributed by atoms with Crippen molar-refractivity contribution in [2.75, 3.05) is 13.7 Å². The molecule has 3 aromatic rings. The topological polar surface area (TPSA) is 46.8 Å². The zero-order valence-electron chi connectivity index (χ0n) is 17.0. The summed E-state index contributed by atoms with van der Waals surface area (Å²) in [7, 11) is 1.64. The van der Waals surface area contributed by atoms with Crippen molar-refractivity contribution in [1.82, 2.24) is 14.5 Å². The summed E-state index contributed by atoms with van der Waals surface area (Å²) < 4.78 is 7.28. The second-order valence-corrected chi connectivity index (χ2v) is 7.42. The minimum absolute atomic E-state index is 0.0813. The highest BCUT2D eigenvalue weighted by atomic mass is 16.5. The van der Waals surface area contributed by atoms with Gasteiger partial charge in [0.25, 0.3) is 0 Å². The molecule has 3 heterocycles. The molecule has 2 aromatic heterocycles. The van der Waals surface area contributed by atoms with Gasteiger partial charge in [0.1, 0.15) is 5.69 Å². The molecule has 4 rings (SSSR count). The molecule has 5 heteroatoms. The molecule has 0 N–H and O–H groups in total. The number of piperidine rings is 1. The molecule has 0 aliphatic carbocycles. The summed E-state index contributed by atoms with van der Waals surface area (Å²) in [6.07, 6.45) is 8.00. The van der Waals surface area contributed by atoms with E-state index in [9.17, 15) is 4.79 Å². The fourth-order valence-electron chi connectivity index (χ4n) is 4.16. The molecule has 0 spiro atoms. The number of nitrogens with zero attached hydrogens (tertiary/aromatic N) is 3. The van der Waals surface area contributed by atoms with Crippen molar-refractivity contribution in [3.8, 4) is 17.1 Å². The lowest BCUT2D eigenvalue weighted by atomic mass is 10.00. The maximum absolute atomic E-state index is 13.0. The molecule has 1 unspecified atom stereocenters. The first-order valence-electron chi connectivity index (χ1n) is 10.3. The lowest BCUT2D eigenvalue weighted by Gasteiger charge is -2.34. The zero-order chi connectivity index (χ0) is 20.2. The average Bonchev–Trinajstić information content (AvgIpc) is 3.16. The van der Waals surface area contributed by atoms with Crippen molar-refractivity contribution in [3.63, 3.8) is 0 Å². The Morgan fingerprint density at radius 2 is 2.00 bits per heavy atom. The summed E-state index contributed by atoms with van der Waals surface area (Å²) in [5, 5.41) is 4.79. The molecule has 1 amide bonds. The van der Waals surface area contributed by atoms with Crippen LogP contribution in [0.2, 0.25) is 0 Å². The molecule has 29 heavy (non-hydrogen) atoms. The van der Waals surface area contributed by atoms with E-state index >= 15 is 0 Å². The number of benzene rings is 1. The third-order valence-electron chi connectivity index (χ3n) is 5.69. The van der Waals surface area contributed by atoms with E-state index in [1.54, 1.807) is 17.7 Å². The van der Waals surface area contributed by atoms with E-state index in [-0.39, 0.29) is 5.91 Å². The van der Waals surface area contributed by atoms with Crippen molar-refractivity contribution in [2.24, 2.45) is 0 Å². The summed E-state index contributed by atoms with van der Waals surface area (Å²) in [6, 6.07) is 16.2. The lowest BCUT2D eigenvalue weighted by molar-refractivity contribution is -0.129. The van der Waals surface area contributed by atoms with E-state index in [1.807, 2.05) is 59.5 Å². The number of hydrogen-bond acceptors (Lipinski definition) is 3. The third kappa shape index (κ3) is 3.77. The number of amides is 1. The molecule has 0 saturated carbocycles. The predicted molar refractivity (Wildman–Crippen MR) is 116 cm³/mol. The van der Waals surface area contributed by atoms with Crippen LogP contribution in [-0.4, -0.2) is 40.1 Å². The molecule has 1 fully saturated rings. The first-order chi connectivity index (χ1) is 14.2. The smallest absolute Gasteiger partial charge is 0.246 e. The zero-order valence-corrected chi connectivity index (χ0v) is 17.0. The van der Waals surface area contributed by atoms with Gasteiger partial charge in [-0.2, -0.15) is 9.61 Å². The molecule has 1 atom stereocenters. The summed E-state index contributed by atoms with van der Waals surface area (Å²) in [4.78, 5) is 15.0. The lowest BCUT2D eigenvalue weighted by Crippen LogP contribution is -2.42. The van der Waals surface area contributed by atoms with E-state index in [1.165, 1.54) is 6.42 Å². The second-order valence-electron chi connectivity index (χ2n) is 7.42. The average molecular weight is 389 g/mol. The molecule has 1 saturated heterocycles. The van der Waals surface area contributed by atoms with Gasteiger partial charge in [0.05, 0.1) is 12.6 Å². The van der Waals surface area contributed by atoms with Crippen LogP contribution in [0, 0.1) is 0 Å². The minimum Gasteiger partial charge on any atom is -0.481 e. The number of fused-ring (bicyclic) bond motifs is 1. The van der Waals surface area contributed by atoms with Gasteiger partial charge in [0.15, 0.2) is 0 Å². The molecule has 1 aromatic carbocycles. The maximum atomic E-state index is 13.0. The fraction of sp³-hybridized carbons (Fsp3) is 0.333. The predicted octanol–water partition coefficient (Wildman–Crippen LogP) is 4.81. The van der Waals surface area contributed by atoms with Crippen LogP contribution >= 0.6 is 0 Å². The molecular weight excluding hydrogens is 362 g/mol. The third-order valence-corrected chi connectivity index (χ3v) is 5.69. The summed E-state index contributed by atoms with van der Waals surface area (Å²) in [5.41, 5.74) is 3.69. The van der Waals surface area contributed by atoms with Crippen LogP contribution in [0.25, 0.3) is 22.9 Å². The SMILES string of the molecule is CCC1CCCCN1C(=O)C=Cc1c(-c2ccccc2)nn2c(OC)cccc12. The molecule has 150 valence electrons. The van der Waals surface area contributed by atoms with E-state index in [2.05, 4.69) is 6.92 Å². The van der Waals surface area contributed by atoms with Gasteiger partial charge in [-0.3, -0.25) is 4.79 Å². The standard InChI is InChI=1S/C24H27N3O2/c1-3-19-12-7-8-17-26(19)22(28)16-15-20-21-13-9-14-23(29-2)27(21)25-24(20)18-10-5-4-6-11-18/h4-6,9-11,13-16,19H,3,7-8,12,17H2,1-2H3. The highest BCUT2D eigenvalue weighted by molar-refractivity contribution is 5.95. The molecule has 1 aliphatic heterocycles. The van der Waals surface area contributed by atoms with Crippen LogP contribution < -0.4 is 4.74 Å². The fourth-order valence-corrected chi connectivity index (χ4v) is 4.16. The maximum Gasteiger partial charge on any atom is 0.246 e. The number of methoxy groups -OCH3 is 1. The highest BCUT2D eigenvalue weighted by Gasteiger charge is 2.24. The number of aromatic nitrogens is 2. The Bertz CT molecular complexity index is 1020. The Morgan fingerprint density at radius 1 is 1.17 bits per heavy atom. The van der Waals surface area contributed by atoms with Gasteiger partial charge >= 0.3 is 0 Å². The molecule has 0 radical (unpaired) electrons. The van der Waals surface area contributed by atoms with E-state index < -0.39 is 0 Å². The van der Waals surface area contributed by atoms with Crippen molar-refractivity contribution in [1.29, 1.82) is 0 Å². The van der Waals surface area contributed by atoms with Gasteiger partial charge in [-0.15, -0.1) is 0 Å². The highest BCUT2D eigenvalue weighted by Crippen LogP contribution is 2.30. The Kier molecular flexibility index (Phi) is 5.65. The number of ether oxygens (including phenoxy) is 1. The van der Waals surface area contributed by atoms with E-state index in [0.717, 1.165) is 48.1 Å². The van der Waals surface area contributed by atoms with Crippen molar-refractivity contribution >= 4 is 17.5 Å². The van der Waals surface area contributed by atoms with E-state index in [4.69, 9.17) is 9.84 Å². The Morgan fingerprint density at radius 3 is 2.76 bits per heavy atom. The molecule has 1 aliphatic rings. The van der Waals surface area contributed by atoms with Crippen LogP contribution in [0.4, 0.5) is 0 Å². The number of carbonyl (C=O) groups is 1.